The van der Waals surface area contributed by atoms with E-state index in [1.54, 1.807) is 10.3 Å². The molecule has 3 heterocycles. The van der Waals surface area contributed by atoms with E-state index >= 15 is 0 Å². The van der Waals surface area contributed by atoms with Crippen LogP contribution in [0.4, 0.5) is 5.13 Å². The highest BCUT2D eigenvalue weighted by molar-refractivity contribution is 7.14. The molecule has 2 aliphatic rings. The zero-order chi connectivity index (χ0) is 19.7. The average molecular weight is 419 g/mol. The van der Waals surface area contributed by atoms with Crippen LogP contribution in [0.15, 0.2) is 11.4 Å². The number of amides is 3. The second-order valence-corrected chi connectivity index (χ2v) is 9.33. The molecule has 1 fully saturated rings. The minimum Gasteiger partial charge on any atom is -0.288 e. The molecule has 1 aliphatic heterocycles. The maximum absolute atomic E-state index is 12.3. The number of carbonyl (C=O) groups is 3. The smallest absolute Gasteiger partial charge is 0.279 e. The van der Waals surface area contributed by atoms with Crippen molar-refractivity contribution >= 4 is 45.5 Å². The first kappa shape index (κ1) is 19.1. The fourth-order valence-electron chi connectivity index (χ4n) is 3.57. The molecule has 1 atom stereocenters. The molecule has 7 nitrogen and oxygen atoms in total. The van der Waals surface area contributed by atoms with Crippen molar-refractivity contribution < 1.29 is 14.4 Å². The molecule has 1 saturated heterocycles. The number of nitrogens with one attached hydrogen (secondary N) is 2. The maximum Gasteiger partial charge on any atom is 0.279 e. The second kappa shape index (κ2) is 8.00. The number of fused-ring (bicyclic) bond motifs is 1. The SMILES string of the molecule is CC1CCc2sc(C(=O)NNC(=O)Cc3csc(N4CCCC4=O)n3)cc2C1. The van der Waals surface area contributed by atoms with Crippen LogP contribution in [0.1, 0.15) is 52.0 Å². The number of carbonyl (C=O) groups excluding carboxylic acids is 3. The molecule has 0 spiro atoms. The van der Waals surface area contributed by atoms with Crippen molar-refractivity contribution in [2.75, 3.05) is 11.4 Å². The van der Waals surface area contributed by atoms with Gasteiger partial charge in [0.25, 0.3) is 5.91 Å². The Balaban J connectivity index is 1.29. The maximum atomic E-state index is 12.3. The number of hydrazine groups is 1. The average Bonchev–Trinajstić information content (AvgIpc) is 3.38. The van der Waals surface area contributed by atoms with Gasteiger partial charge in [0.1, 0.15) is 0 Å². The van der Waals surface area contributed by atoms with E-state index in [1.165, 1.54) is 33.1 Å². The summed E-state index contributed by atoms with van der Waals surface area (Å²) in [5, 5.41) is 2.41. The molecule has 9 heteroatoms. The highest BCUT2D eigenvalue weighted by Crippen LogP contribution is 2.32. The molecular formula is C19H22N4O3S2. The molecule has 2 N–H and O–H groups in total. The third kappa shape index (κ3) is 4.10. The van der Waals surface area contributed by atoms with Crippen molar-refractivity contribution in [3.63, 3.8) is 0 Å². The highest BCUT2D eigenvalue weighted by Gasteiger charge is 2.25. The Labute approximate surface area is 171 Å². The van der Waals surface area contributed by atoms with Gasteiger partial charge in [-0.05, 0) is 43.2 Å². The van der Waals surface area contributed by atoms with E-state index in [-0.39, 0.29) is 24.1 Å². The Morgan fingerprint density at radius 3 is 2.96 bits per heavy atom. The number of aromatic nitrogens is 1. The van der Waals surface area contributed by atoms with E-state index in [9.17, 15) is 14.4 Å². The Morgan fingerprint density at radius 1 is 1.32 bits per heavy atom. The minimum absolute atomic E-state index is 0.0528. The molecule has 3 amide bonds. The summed E-state index contributed by atoms with van der Waals surface area (Å²) in [5.41, 5.74) is 6.80. The first-order chi connectivity index (χ1) is 13.5. The Kier molecular flexibility index (Phi) is 5.45. The fourth-order valence-corrected chi connectivity index (χ4v) is 5.54. The van der Waals surface area contributed by atoms with Gasteiger partial charge in [-0.25, -0.2) is 4.98 Å². The van der Waals surface area contributed by atoms with Crippen LogP contribution in [0.3, 0.4) is 0 Å². The van der Waals surface area contributed by atoms with Crippen molar-refractivity contribution in [2.45, 2.75) is 45.4 Å². The summed E-state index contributed by atoms with van der Waals surface area (Å²) in [4.78, 5) is 44.2. The van der Waals surface area contributed by atoms with Crippen molar-refractivity contribution in [3.05, 3.63) is 32.5 Å². The number of thiophene rings is 1. The third-order valence-corrected chi connectivity index (χ3v) is 7.20. The quantitative estimate of drug-likeness (QED) is 0.746. The lowest BCUT2D eigenvalue weighted by Gasteiger charge is -2.16. The Hall–Kier alpha value is -2.26. The summed E-state index contributed by atoms with van der Waals surface area (Å²) in [6, 6.07) is 1.94. The Bertz CT molecular complexity index is 920. The third-order valence-electron chi connectivity index (χ3n) is 5.05. The van der Waals surface area contributed by atoms with Gasteiger partial charge in [-0.3, -0.25) is 30.1 Å². The minimum atomic E-state index is -0.340. The van der Waals surface area contributed by atoms with E-state index in [2.05, 4.69) is 22.8 Å². The van der Waals surface area contributed by atoms with Crippen LogP contribution in [0.25, 0.3) is 0 Å². The van der Waals surface area contributed by atoms with Crippen molar-refractivity contribution in [1.29, 1.82) is 0 Å². The van der Waals surface area contributed by atoms with Crippen molar-refractivity contribution in [1.82, 2.24) is 15.8 Å². The van der Waals surface area contributed by atoms with Gasteiger partial charge >= 0.3 is 0 Å². The molecule has 148 valence electrons. The molecule has 0 aromatic carbocycles. The monoisotopic (exact) mass is 418 g/mol. The first-order valence-corrected chi connectivity index (χ1v) is 11.1. The van der Waals surface area contributed by atoms with Gasteiger partial charge in [-0.15, -0.1) is 22.7 Å². The number of hydrogen-bond acceptors (Lipinski definition) is 6. The lowest BCUT2D eigenvalue weighted by molar-refractivity contribution is -0.121. The summed E-state index contributed by atoms with van der Waals surface area (Å²) in [7, 11) is 0. The predicted octanol–water partition coefficient (Wildman–Crippen LogP) is 2.46. The normalized spacial score (nSPS) is 18.8. The largest absolute Gasteiger partial charge is 0.288 e. The topological polar surface area (TPSA) is 91.4 Å². The molecule has 0 bridgehead atoms. The molecular weight excluding hydrogens is 396 g/mol. The van der Waals surface area contributed by atoms with Gasteiger partial charge in [0.2, 0.25) is 11.8 Å². The molecule has 1 aliphatic carbocycles. The molecule has 28 heavy (non-hydrogen) atoms. The van der Waals surface area contributed by atoms with Crippen LogP contribution in [0.2, 0.25) is 0 Å². The van der Waals surface area contributed by atoms with Gasteiger partial charge in [0, 0.05) is 23.2 Å². The number of thiazole rings is 1. The van der Waals surface area contributed by atoms with Crippen LogP contribution < -0.4 is 15.8 Å². The number of aryl methyl sites for hydroxylation is 1. The zero-order valence-corrected chi connectivity index (χ0v) is 17.3. The zero-order valence-electron chi connectivity index (χ0n) is 15.6. The van der Waals surface area contributed by atoms with Crippen LogP contribution >= 0.6 is 22.7 Å². The van der Waals surface area contributed by atoms with Gasteiger partial charge < -0.3 is 0 Å². The van der Waals surface area contributed by atoms with Gasteiger partial charge in [0.15, 0.2) is 5.13 Å². The summed E-state index contributed by atoms with van der Waals surface area (Å²) in [6.07, 6.45) is 4.63. The number of hydrogen-bond donors (Lipinski definition) is 2. The fraction of sp³-hybridized carbons (Fsp3) is 0.474. The number of anilines is 1. The van der Waals surface area contributed by atoms with Crippen molar-refractivity contribution in [3.8, 4) is 0 Å². The van der Waals surface area contributed by atoms with Crippen LogP contribution in [-0.2, 0) is 28.9 Å². The summed E-state index contributed by atoms with van der Waals surface area (Å²) in [6.45, 7) is 2.90. The number of nitrogens with zero attached hydrogens (tertiary/aromatic N) is 2. The van der Waals surface area contributed by atoms with Gasteiger partial charge in [-0.1, -0.05) is 6.92 Å². The molecule has 4 rings (SSSR count). The van der Waals surface area contributed by atoms with Crippen molar-refractivity contribution in [2.24, 2.45) is 5.92 Å². The van der Waals surface area contributed by atoms with E-state index < -0.39 is 0 Å². The van der Waals surface area contributed by atoms with Crippen LogP contribution in [0.5, 0.6) is 0 Å². The van der Waals surface area contributed by atoms with E-state index in [1.807, 2.05) is 6.07 Å². The van der Waals surface area contributed by atoms with Gasteiger partial charge in [-0.2, -0.15) is 0 Å². The van der Waals surface area contributed by atoms with Crippen LogP contribution in [-0.4, -0.2) is 29.3 Å². The van der Waals surface area contributed by atoms with Crippen LogP contribution in [0, 0.1) is 5.92 Å². The highest BCUT2D eigenvalue weighted by atomic mass is 32.1. The standard InChI is InChI=1S/C19H22N4O3S2/c1-11-4-5-14-12(7-11)8-15(28-14)18(26)22-21-16(24)9-13-10-27-19(20-13)23-6-2-3-17(23)25/h8,10-11H,2-7,9H2,1H3,(H,21,24)(H,22,26). The molecule has 2 aromatic rings. The molecule has 1 unspecified atom stereocenters. The summed E-state index contributed by atoms with van der Waals surface area (Å²) < 4.78 is 0. The second-order valence-electron chi connectivity index (χ2n) is 7.36. The summed E-state index contributed by atoms with van der Waals surface area (Å²) in [5.74, 6) is 0.0946. The predicted molar refractivity (Wildman–Crippen MR) is 109 cm³/mol. The number of rotatable bonds is 4. The van der Waals surface area contributed by atoms with Gasteiger partial charge in [0.05, 0.1) is 17.0 Å². The summed E-state index contributed by atoms with van der Waals surface area (Å²) >= 11 is 2.86. The van der Waals surface area contributed by atoms with E-state index in [0.717, 1.165) is 25.7 Å². The molecule has 2 aromatic heterocycles. The lowest BCUT2D eigenvalue weighted by Crippen LogP contribution is -2.42. The first-order valence-electron chi connectivity index (χ1n) is 9.45. The van der Waals surface area contributed by atoms with E-state index in [4.69, 9.17) is 0 Å². The van der Waals surface area contributed by atoms with E-state index in [0.29, 0.717) is 34.6 Å². The Morgan fingerprint density at radius 2 is 2.18 bits per heavy atom. The lowest BCUT2D eigenvalue weighted by atomic mass is 9.90. The molecule has 0 radical (unpaired) electrons. The molecule has 0 saturated carbocycles.